The van der Waals surface area contributed by atoms with E-state index in [1.54, 1.807) is 39.0 Å². The van der Waals surface area contributed by atoms with Crippen molar-refractivity contribution >= 4 is 23.9 Å². The number of esters is 1. The third-order valence-electron chi connectivity index (χ3n) is 5.42. The summed E-state index contributed by atoms with van der Waals surface area (Å²) in [6, 6.07) is 9.01. The number of alkyl carbamates (subject to hydrolysis) is 1. The van der Waals surface area contributed by atoms with Crippen molar-refractivity contribution < 1.29 is 44.0 Å². The molecular formula is C27H35N3O9. The molecule has 2 atom stereocenters. The highest BCUT2D eigenvalue weighted by Gasteiger charge is 2.37. The summed E-state index contributed by atoms with van der Waals surface area (Å²) < 4.78 is 9.88. The van der Waals surface area contributed by atoms with E-state index >= 15 is 0 Å². The van der Waals surface area contributed by atoms with Gasteiger partial charge in [0.1, 0.15) is 35.7 Å². The number of rotatable bonds is 11. The predicted octanol–water partition coefficient (Wildman–Crippen LogP) is 1.38. The van der Waals surface area contributed by atoms with Crippen LogP contribution in [0.4, 0.5) is 4.79 Å². The van der Waals surface area contributed by atoms with Crippen molar-refractivity contribution in [2.45, 2.75) is 44.9 Å². The Labute approximate surface area is 226 Å². The van der Waals surface area contributed by atoms with Crippen LogP contribution in [-0.2, 0) is 30.3 Å². The van der Waals surface area contributed by atoms with Gasteiger partial charge in [0.2, 0.25) is 11.8 Å². The SMILES string of the molecule is COC(=O)CNC(=O)C(c1ccccc1O)N(CCO)C(=O)C(Cc1ccc(O)cc1)NC(=O)OC(C)(C)C. The zero-order valence-electron chi connectivity index (χ0n) is 22.3. The Hall–Kier alpha value is -4.32. The molecule has 2 unspecified atom stereocenters. The second-order valence-electron chi connectivity index (χ2n) is 9.58. The first-order valence-electron chi connectivity index (χ1n) is 12.2. The number of carbonyl (C=O) groups is 4. The Bertz CT molecular complexity index is 1150. The minimum absolute atomic E-state index is 0.00512. The molecule has 0 aromatic heterocycles. The minimum atomic E-state index is -1.49. The Balaban J connectivity index is 2.52. The summed E-state index contributed by atoms with van der Waals surface area (Å²) in [5.41, 5.74) is -0.268. The van der Waals surface area contributed by atoms with Crippen LogP contribution in [0.3, 0.4) is 0 Å². The number of aliphatic hydroxyl groups is 1. The summed E-state index contributed by atoms with van der Waals surface area (Å²) in [6.45, 7) is 3.54. The van der Waals surface area contributed by atoms with Gasteiger partial charge in [0.05, 0.1) is 13.7 Å². The van der Waals surface area contributed by atoms with Crippen LogP contribution in [0.2, 0.25) is 0 Å². The van der Waals surface area contributed by atoms with E-state index in [4.69, 9.17) is 4.74 Å². The molecule has 0 aliphatic heterocycles. The zero-order valence-corrected chi connectivity index (χ0v) is 22.3. The van der Waals surface area contributed by atoms with Crippen molar-refractivity contribution in [3.63, 3.8) is 0 Å². The molecule has 39 heavy (non-hydrogen) atoms. The summed E-state index contributed by atoms with van der Waals surface area (Å²) in [5, 5.41) is 34.9. The lowest BCUT2D eigenvalue weighted by molar-refractivity contribution is -0.145. The lowest BCUT2D eigenvalue weighted by Crippen LogP contribution is -2.54. The monoisotopic (exact) mass is 545 g/mol. The van der Waals surface area contributed by atoms with Crippen molar-refractivity contribution in [3.05, 3.63) is 59.7 Å². The third-order valence-corrected chi connectivity index (χ3v) is 5.42. The number of aliphatic hydroxyl groups excluding tert-OH is 1. The molecule has 0 heterocycles. The van der Waals surface area contributed by atoms with E-state index in [-0.39, 0.29) is 30.0 Å². The lowest BCUT2D eigenvalue weighted by Gasteiger charge is -2.34. The first-order chi connectivity index (χ1) is 18.4. The van der Waals surface area contributed by atoms with Crippen LogP contribution < -0.4 is 10.6 Å². The van der Waals surface area contributed by atoms with Gasteiger partial charge in [-0.15, -0.1) is 0 Å². The number of nitrogens with one attached hydrogen (secondary N) is 2. The molecule has 0 bridgehead atoms. The average molecular weight is 546 g/mol. The van der Waals surface area contributed by atoms with E-state index in [0.29, 0.717) is 5.56 Å². The van der Waals surface area contributed by atoms with Crippen molar-refractivity contribution in [1.29, 1.82) is 0 Å². The molecule has 0 spiro atoms. The second-order valence-corrected chi connectivity index (χ2v) is 9.58. The Morgan fingerprint density at radius 2 is 1.64 bits per heavy atom. The van der Waals surface area contributed by atoms with Crippen molar-refractivity contribution in [1.82, 2.24) is 15.5 Å². The average Bonchev–Trinajstić information content (AvgIpc) is 2.87. The number of carbonyl (C=O) groups excluding carboxylic acids is 4. The topological polar surface area (TPSA) is 175 Å². The van der Waals surface area contributed by atoms with Gasteiger partial charge in [-0.2, -0.15) is 0 Å². The number of methoxy groups -OCH3 is 1. The maximum absolute atomic E-state index is 14.0. The minimum Gasteiger partial charge on any atom is -0.508 e. The zero-order chi connectivity index (χ0) is 29.2. The Kier molecular flexibility index (Phi) is 11.1. The predicted molar refractivity (Wildman–Crippen MR) is 140 cm³/mol. The first-order valence-corrected chi connectivity index (χ1v) is 12.2. The molecule has 12 nitrogen and oxygen atoms in total. The van der Waals surface area contributed by atoms with Crippen molar-refractivity contribution in [2.24, 2.45) is 0 Å². The van der Waals surface area contributed by atoms with Crippen molar-refractivity contribution in [2.75, 3.05) is 26.8 Å². The summed E-state index contributed by atoms with van der Waals surface area (Å²) in [5.74, 6) is -2.64. The molecule has 3 amide bonds. The molecule has 12 heteroatoms. The van der Waals surface area contributed by atoms with Crippen LogP contribution in [0.1, 0.15) is 37.9 Å². The maximum atomic E-state index is 14.0. The number of para-hydroxylation sites is 1. The smallest absolute Gasteiger partial charge is 0.408 e. The van der Waals surface area contributed by atoms with Gasteiger partial charge in [-0.25, -0.2) is 4.79 Å². The van der Waals surface area contributed by atoms with Gasteiger partial charge in [-0.1, -0.05) is 30.3 Å². The summed E-state index contributed by atoms with van der Waals surface area (Å²) in [6.07, 6.45) is -0.949. The van der Waals surface area contributed by atoms with Crippen LogP contribution in [0, 0.1) is 0 Å². The van der Waals surface area contributed by atoms with Crippen LogP contribution >= 0.6 is 0 Å². The molecule has 0 aliphatic rings. The molecule has 0 saturated carbocycles. The van der Waals surface area contributed by atoms with Crippen LogP contribution in [0.5, 0.6) is 11.5 Å². The standard InChI is InChI=1S/C27H35N3O9/c1-27(2,3)39-26(37)29-20(15-17-9-11-18(32)12-10-17)25(36)30(13-14-31)23(19-7-5-6-8-21(19)33)24(35)28-16-22(34)38-4/h5-12,20,23,31-33H,13-16H2,1-4H3,(H,28,35)(H,29,37). The van der Waals surface area contributed by atoms with Gasteiger partial charge in [0, 0.05) is 18.5 Å². The molecule has 0 aliphatic carbocycles. The van der Waals surface area contributed by atoms with E-state index in [1.807, 2.05) is 0 Å². The molecule has 2 rings (SSSR count). The van der Waals surface area contributed by atoms with Gasteiger partial charge in [0.15, 0.2) is 0 Å². The number of aromatic hydroxyl groups is 2. The highest BCUT2D eigenvalue weighted by Crippen LogP contribution is 2.30. The molecular weight excluding hydrogens is 510 g/mol. The molecule has 0 saturated heterocycles. The molecule has 0 radical (unpaired) electrons. The summed E-state index contributed by atoms with van der Waals surface area (Å²) in [4.78, 5) is 52.6. The fourth-order valence-corrected chi connectivity index (χ4v) is 3.69. The molecule has 212 valence electrons. The number of phenolic OH excluding ortho intramolecular Hbond substituents is 2. The van der Waals surface area contributed by atoms with E-state index in [2.05, 4.69) is 15.4 Å². The van der Waals surface area contributed by atoms with E-state index in [0.717, 1.165) is 12.0 Å². The van der Waals surface area contributed by atoms with Crippen LogP contribution in [0.15, 0.2) is 48.5 Å². The van der Waals surface area contributed by atoms with Gasteiger partial charge in [0.25, 0.3) is 0 Å². The van der Waals surface area contributed by atoms with Crippen molar-refractivity contribution in [3.8, 4) is 11.5 Å². The maximum Gasteiger partial charge on any atom is 0.408 e. The Morgan fingerprint density at radius 3 is 2.21 bits per heavy atom. The van der Waals surface area contributed by atoms with Gasteiger partial charge in [-0.3, -0.25) is 14.4 Å². The highest BCUT2D eigenvalue weighted by atomic mass is 16.6. The first kappa shape index (κ1) is 30.9. The van der Waals surface area contributed by atoms with Crippen LogP contribution in [-0.4, -0.2) is 82.5 Å². The second kappa shape index (κ2) is 14.0. The number of phenols is 2. The number of benzene rings is 2. The van der Waals surface area contributed by atoms with E-state index < -0.39 is 54.7 Å². The lowest BCUT2D eigenvalue weighted by atomic mass is 9.99. The van der Waals surface area contributed by atoms with E-state index in [9.17, 15) is 34.5 Å². The number of hydrogen-bond donors (Lipinski definition) is 5. The quantitative estimate of drug-likeness (QED) is 0.261. The third kappa shape index (κ3) is 9.49. The van der Waals surface area contributed by atoms with E-state index in [1.165, 1.54) is 30.3 Å². The number of ether oxygens (including phenoxy) is 2. The largest absolute Gasteiger partial charge is 0.508 e. The normalized spacial score (nSPS) is 12.5. The summed E-state index contributed by atoms with van der Waals surface area (Å²) in [7, 11) is 1.15. The van der Waals surface area contributed by atoms with Gasteiger partial charge >= 0.3 is 12.1 Å². The number of hydrogen-bond acceptors (Lipinski definition) is 9. The Morgan fingerprint density at radius 1 is 1.00 bits per heavy atom. The fourth-order valence-electron chi connectivity index (χ4n) is 3.69. The number of amides is 3. The molecule has 0 fully saturated rings. The van der Waals surface area contributed by atoms with Crippen LogP contribution in [0.25, 0.3) is 0 Å². The molecule has 5 N–H and O–H groups in total. The van der Waals surface area contributed by atoms with Gasteiger partial charge in [-0.05, 0) is 44.5 Å². The summed E-state index contributed by atoms with van der Waals surface area (Å²) >= 11 is 0. The number of nitrogens with zero attached hydrogens (tertiary/aromatic N) is 1. The molecule has 2 aromatic rings. The fraction of sp³-hybridized carbons (Fsp3) is 0.407. The van der Waals surface area contributed by atoms with Gasteiger partial charge < -0.3 is 40.3 Å². The highest BCUT2D eigenvalue weighted by molar-refractivity contribution is 5.93. The molecule has 2 aromatic carbocycles.